The number of methoxy groups -OCH3 is 1. The van der Waals surface area contributed by atoms with Crippen LogP contribution in [0.25, 0.3) is 11.5 Å². The zero-order valence-corrected chi connectivity index (χ0v) is 8.60. The van der Waals surface area contributed by atoms with Crippen molar-refractivity contribution >= 4 is 0 Å². The fraction of sp³-hybridized carbons (Fsp3) is 0.111. The lowest BCUT2D eigenvalue weighted by atomic mass is 10.1. The van der Waals surface area contributed by atoms with Gasteiger partial charge in [0.25, 0.3) is 5.89 Å². The van der Waals surface area contributed by atoms with Crippen LogP contribution in [-0.4, -0.2) is 17.3 Å². The van der Waals surface area contributed by atoms with Crippen molar-refractivity contribution in [3.8, 4) is 17.5 Å². The van der Waals surface area contributed by atoms with Crippen molar-refractivity contribution < 1.29 is 31.2 Å². The molecular formula is C9H3F5N2O2. The van der Waals surface area contributed by atoms with Crippen molar-refractivity contribution in [2.75, 3.05) is 7.11 Å². The summed E-state index contributed by atoms with van der Waals surface area (Å²) >= 11 is 0. The molecule has 0 amide bonds. The lowest BCUT2D eigenvalue weighted by Gasteiger charge is -2.03. The first kappa shape index (κ1) is 12.3. The first-order valence-electron chi connectivity index (χ1n) is 4.36. The van der Waals surface area contributed by atoms with Gasteiger partial charge in [-0.3, -0.25) is 0 Å². The Balaban J connectivity index is 2.71. The molecule has 2 rings (SSSR count). The normalized spacial score (nSPS) is 10.8. The zero-order valence-electron chi connectivity index (χ0n) is 8.60. The van der Waals surface area contributed by atoms with Crippen molar-refractivity contribution in [3.05, 3.63) is 29.1 Å². The summed E-state index contributed by atoms with van der Waals surface area (Å²) in [5.41, 5.74) is -1.30. The molecule has 0 unspecified atom stereocenters. The van der Waals surface area contributed by atoms with Crippen LogP contribution in [0.3, 0.4) is 0 Å². The SMILES string of the molecule is COc1noc(-c2c(F)c(F)c(F)c(F)c2F)n1. The van der Waals surface area contributed by atoms with E-state index in [-0.39, 0.29) is 0 Å². The summed E-state index contributed by atoms with van der Waals surface area (Å²) in [5, 5.41) is 3.09. The quantitative estimate of drug-likeness (QED) is 0.476. The van der Waals surface area contributed by atoms with Gasteiger partial charge in [-0.05, 0) is 5.16 Å². The van der Waals surface area contributed by atoms with E-state index < -0.39 is 46.6 Å². The minimum atomic E-state index is -2.26. The molecule has 0 bridgehead atoms. The summed E-state index contributed by atoms with van der Waals surface area (Å²) in [7, 11) is 1.13. The first-order chi connectivity index (χ1) is 8.47. The van der Waals surface area contributed by atoms with Crippen LogP contribution in [0, 0.1) is 29.1 Å². The van der Waals surface area contributed by atoms with Gasteiger partial charge in [0, 0.05) is 0 Å². The van der Waals surface area contributed by atoms with Gasteiger partial charge in [-0.25, -0.2) is 22.0 Å². The molecule has 0 saturated carbocycles. The lowest BCUT2D eigenvalue weighted by Crippen LogP contribution is -2.04. The predicted molar refractivity (Wildman–Crippen MR) is 46.1 cm³/mol. The number of halogens is 5. The summed E-state index contributed by atoms with van der Waals surface area (Å²) < 4.78 is 74.0. The van der Waals surface area contributed by atoms with Crippen molar-refractivity contribution in [1.29, 1.82) is 0 Å². The highest BCUT2D eigenvalue weighted by molar-refractivity contribution is 5.55. The number of hydrogen-bond acceptors (Lipinski definition) is 4. The Kier molecular flexibility index (Phi) is 2.89. The number of nitrogens with zero attached hydrogens (tertiary/aromatic N) is 2. The molecule has 0 aliphatic heterocycles. The molecule has 2 aromatic rings. The zero-order chi connectivity index (χ0) is 13.4. The second-order valence-corrected chi connectivity index (χ2v) is 3.03. The molecule has 0 radical (unpaired) electrons. The van der Waals surface area contributed by atoms with E-state index in [9.17, 15) is 22.0 Å². The Morgan fingerprint density at radius 1 is 0.889 bits per heavy atom. The van der Waals surface area contributed by atoms with E-state index >= 15 is 0 Å². The molecule has 1 aromatic carbocycles. The summed E-state index contributed by atoms with van der Waals surface area (Å²) in [6, 6.07) is -0.408. The highest BCUT2D eigenvalue weighted by Crippen LogP contribution is 2.30. The van der Waals surface area contributed by atoms with Gasteiger partial charge in [0.05, 0.1) is 7.11 Å². The standard InChI is InChI=1S/C9H3F5N2O2/c1-17-9-15-8(18-16-9)2-3(10)5(12)7(14)6(13)4(2)11/h1H3. The number of hydrogen-bond donors (Lipinski definition) is 0. The second-order valence-electron chi connectivity index (χ2n) is 3.03. The van der Waals surface area contributed by atoms with E-state index in [1.54, 1.807) is 0 Å². The van der Waals surface area contributed by atoms with E-state index in [4.69, 9.17) is 0 Å². The van der Waals surface area contributed by atoms with Gasteiger partial charge >= 0.3 is 6.01 Å². The lowest BCUT2D eigenvalue weighted by molar-refractivity contribution is 0.336. The van der Waals surface area contributed by atoms with E-state index in [0.717, 1.165) is 7.11 Å². The molecule has 4 nitrogen and oxygen atoms in total. The molecule has 1 aromatic heterocycles. The summed E-state index contributed by atoms with van der Waals surface area (Å²) in [5.74, 6) is -11.4. The second kappa shape index (κ2) is 4.24. The summed E-state index contributed by atoms with van der Waals surface area (Å²) in [4.78, 5) is 3.30. The van der Waals surface area contributed by atoms with Crippen LogP contribution in [0.1, 0.15) is 0 Å². The van der Waals surface area contributed by atoms with Crippen LogP contribution in [0.2, 0.25) is 0 Å². The molecule has 0 aliphatic carbocycles. The first-order valence-corrected chi connectivity index (χ1v) is 4.36. The molecule has 0 N–H and O–H groups in total. The fourth-order valence-electron chi connectivity index (χ4n) is 1.19. The van der Waals surface area contributed by atoms with Gasteiger partial charge in [0.2, 0.25) is 5.82 Å². The van der Waals surface area contributed by atoms with Crippen molar-refractivity contribution in [3.63, 3.8) is 0 Å². The third-order valence-electron chi connectivity index (χ3n) is 2.01. The average Bonchev–Trinajstić information content (AvgIpc) is 2.83. The van der Waals surface area contributed by atoms with E-state index in [1.807, 2.05) is 0 Å². The van der Waals surface area contributed by atoms with Crippen molar-refractivity contribution in [2.24, 2.45) is 0 Å². The van der Waals surface area contributed by atoms with Crippen LogP contribution in [0.15, 0.2) is 4.52 Å². The van der Waals surface area contributed by atoms with Gasteiger partial charge in [-0.2, -0.15) is 4.98 Å². The van der Waals surface area contributed by atoms with E-state index in [2.05, 4.69) is 19.4 Å². The molecular weight excluding hydrogens is 263 g/mol. The number of ether oxygens (including phenoxy) is 1. The molecule has 1 heterocycles. The summed E-state index contributed by atoms with van der Waals surface area (Å²) in [6.07, 6.45) is 0. The van der Waals surface area contributed by atoms with E-state index in [1.165, 1.54) is 0 Å². The smallest absolute Gasteiger partial charge is 0.354 e. The fourth-order valence-corrected chi connectivity index (χ4v) is 1.19. The molecule has 18 heavy (non-hydrogen) atoms. The van der Waals surface area contributed by atoms with E-state index in [0.29, 0.717) is 0 Å². The van der Waals surface area contributed by atoms with Crippen LogP contribution in [0.5, 0.6) is 6.01 Å². The van der Waals surface area contributed by atoms with Crippen molar-refractivity contribution in [1.82, 2.24) is 10.1 Å². The third kappa shape index (κ3) is 1.67. The topological polar surface area (TPSA) is 48.2 Å². The Bertz CT molecular complexity index is 584. The predicted octanol–water partition coefficient (Wildman–Crippen LogP) is 2.44. The third-order valence-corrected chi connectivity index (χ3v) is 2.01. The molecule has 0 saturated heterocycles. The van der Waals surface area contributed by atoms with Gasteiger partial charge in [0.15, 0.2) is 23.3 Å². The number of benzene rings is 1. The molecule has 9 heteroatoms. The number of aromatic nitrogens is 2. The summed E-state index contributed by atoms with van der Waals surface area (Å²) in [6.45, 7) is 0. The number of rotatable bonds is 2. The van der Waals surface area contributed by atoms with Gasteiger partial charge in [-0.1, -0.05) is 0 Å². The van der Waals surface area contributed by atoms with Crippen LogP contribution in [-0.2, 0) is 0 Å². The molecule has 0 spiro atoms. The molecule has 96 valence electrons. The van der Waals surface area contributed by atoms with Crippen molar-refractivity contribution in [2.45, 2.75) is 0 Å². The van der Waals surface area contributed by atoms with Gasteiger partial charge < -0.3 is 9.26 Å². The largest absolute Gasteiger partial charge is 0.465 e. The highest BCUT2D eigenvalue weighted by atomic mass is 19.2. The average molecular weight is 266 g/mol. The Labute approximate surface area is 96.0 Å². The Hall–Kier alpha value is -2.19. The maximum absolute atomic E-state index is 13.3. The minimum Gasteiger partial charge on any atom is -0.465 e. The van der Waals surface area contributed by atoms with Crippen LogP contribution < -0.4 is 4.74 Å². The van der Waals surface area contributed by atoms with Crippen LogP contribution in [0.4, 0.5) is 22.0 Å². The molecule has 0 aliphatic rings. The Morgan fingerprint density at radius 3 is 1.83 bits per heavy atom. The van der Waals surface area contributed by atoms with Gasteiger partial charge in [0.1, 0.15) is 5.56 Å². The molecule has 0 atom stereocenters. The maximum atomic E-state index is 13.3. The monoisotopic (exact) mass is 266 g/mol. The minimum absolute atomic E-state index is 0.408. The van der Waals surface area contributed by atoms with Gasteiger partial charge in [-0.15, -0.1) is 0 Å². The van der Waals surface area contributed by atoms with Crippen LogP contribution >= 0.6 is 0 Å². The Morgan fingerprint density at radius 2 is 1.39 bits per heavy atom. The molecule has 0 fully saturated rings. The maximum Gasteiger partial charge on any atom is 0.354 e. The highest BCUT2D eigenvalue weighted by Gasteiger charge is 2.29.